The molecular weight excluding hydrogens is 380 g/mol. The number of fused-ring (bicyclic) bond motifs is 1. The van der Waals surface area contributed by atoms with Crippen molar-refractivity contribution in [1.29, 1.82) is 5.26 Å². The topological polar surface area (TPSA) is 114 Å². The first-order valence-corrected chi connectivity index (χ1v) is 9.50. The Hall–Kier alpha value is -4.06. The number of aromatic nitrogens is 6. The molecule has 4 aromatic heterocycles. The van der Waals surface area contributed by atoms with Crippen LogP contribution in [0.15, 0.2) is 43.2 Å². The fourth-order valence-corrected chi connectivity index (χ4v) is 3.35. The highest BCUT2D eigenvalue weighted by molar-refractivity contribution is 5.76. The van der Waals surface area contributed by atoms with Gasteiger partial charge in [-0.05, 0) is 37.5 Å². The highest BCUT2D eigenvalue weighted by Gasteiger charge is 2.14. The van der Waals surface area contributed by atoms with E-state index in [1.807, 2.05) is 36.7 Å². The van der Waals surface area contributed by atoms with Crippen molar-refractivity contribution in [3.05, 3.63) is 71.3 Å². The number of nitriles is 1. The summed E-state index contributed by atoms with van der Waals surface area (Å²) in [6.07, 6.45) is 9.34. The molecule has 0 fully saturated rings. The molecular formula is C21H20N8O. The lowest BCUT2D eigenvalue weighted by molar-refractivity contribution is -0.121. The Morgan fingerprint density at radius 3 is 2.83 bits per heavy atom. The molecule has 4 heterocycles. The van der Waals surface area contributed by atoms with Gasteiger partial charge in [0.2, 0.25) is 5.91 Å². The average Bonchev–Trinajstić information content (AvgIpc) is 3.42. The zero-order valence-electron chi connectivity index (χ0n) is 16.7. The molecule has 30 heavy (non-hydrogen) atoms. The summed E-state index contributed by atoms with van der Waals surface area (Å²) in [5, 5.41) is 16.3. The van der Waals surface area contributed by atoms with Crippen molar-refractivity contribution in [2.45, 2.75) is 33.2 Å². The number of pyridine rings is 1. The first-order chi connectivity index (χ1) is 14.6. The van der Waals surface area contributed by atoms with Crippen LogP contribution in [0.25, 0.3) is 11.5 Å². The van der Waals surface area contributed by atoms with Gasteiger partial charge in [0, 0.05) is 42.9 Å². The predicted octanol–water partition coefficient (Wildman–Crippen LogP) is 2.05. The zero-order chi connectivity index (χ0) is 21.1. The van der Waals surface area contributed by atoms with E-state index in [0.717, 1.165) is 28.3 Å². The number of imidazole rings is 1. The molecule has 0 aromatic carbocycles. The number of aryl methyl sites for hydroxylation is 2. The van der Waals surface area contributed by atoms with E-state index in [1.54, 1.807) is 23.2 Å². The van der Waals surface area contributed by atoms with Crippen molar-refractivity contribution in [3.8, 4) is 11.9 Å². The quantitative estimate of drug-likeness (QED) is 0.530. The smallest absolute Gasteiger partial charge is 0.220 e. The SMILES string of the molecule is Cc1nc2c(C#N)cnn2c(C)c1CCC(=O)NCc1ccc(-n2ccnc2)nc1. The lowest BCUT2D eigenvalue weighted by Crippen LogP contribution is -2.23. The van der Waals surface area contributed by atoms with Crippen LogP contribution in [0.1, 0.15) is 34.5 Å². The molecule has 0 unspecified atom stereocenters. The van der Waals surface area contributed by atoms with Gasteiger partial charge < -0.3 is 5.32 Å². The minimum atomic E-state index is -0.0502. The maximum Gasteiger partial charge on any atom is 0.220 e. The van der Waals surface area contributed by atoms with Gasteiger partial charge in [-0.15, -0.1) is 0 Å². The molecule has 150 valence electrons. The Morgan fingerprint density at radius 2 is 2.13 bits per heavy atom. The van der Waals surface area contributed by atoms with E-state index in [0.29, 0.717) is 30.6 Å². The second-order valence-electron chi connectivity index (χ2n) is 6.94. The molecule has 0 spiro atoms. The third kappa shape index (κ3) is 3.75. The summed E-state index contributed by atoms with van der Waals surface area (Å²) in [5.74, 6) is 0.723. The van der Waals surface area contributed by atoms with E-state index in [-0.39, 0.29) is 5.91 Å². The molecule has 0 saturated heterocycles. The van der Waals surface area contributed by atoms with Gasteiger partial charge in [-0.25, -0.2) is 19.5 Å². The van der Waals surface area contributed by atoms with E-state index >= 15 is 0 Å². The van der Waals surface area contributed by atoms with E-state index in [9.17, 15) is 4.79 Å². The number of nitrogens with zero attached hydrogens (tertiary/aromatic N) is 7. The number of nitrogens with one attached hydrogen (secondary N) is 1. The second kappa shape index (κ2) is 8.13. The van der Waals surface area contributed by atoms with Crippen molar-refractivity contribution >= 4 is 11.6 Å². The number of amides is 1. The Bertz CT molecular complexity index is 1230. The highest BCUT2D eigenvalue weighted by Crippen LogP contribution is 2.18. The van der Waals surface area contributed by atoms with Crippen LogP contribution in [0.5, 0.6) is 0 Å². The third-order valence-corrected chi connectivity index (χ3v) is 5.00. The lowest BCUT2D eigenvalue weighted by Gasteiger charge is -2.11. The van der Waals surface area contributed by atoms with Gasteiger partial charge in [0.25, 0.3) is 0 Å². The van der Waals surface area contributed by atoms with E-state index in [4.69, 9.17) is 5.26 Å². The van der Waals surface area contributed by atoms with Crippen LogP contribution in [0.4, 0.5) is 0 Å². The fourth-order valence-electron chi connectivity index (χ4n) is 3.35. The number of hydrogen-bond donors (Lipinski definition) is 1. The minimum absolute atomic E-state index is 0.0502. The molecule has 4 rings (SSSR count). The number of rotatable bonds is 6. The van der Waals surface area contributed by atoms with E-state index < -0.39 is 0 Å². The Labute approximate surface area is 173 Å². The molecule has 4 aromatic rings. The Kier molecular flexibility index (Phi) is 5.22. The normalized spacial score (nSPS) is 10.8. The number of hydrogen-bond acceptors (Lipinski definition) is 6. The van der Waals surface area contributed by atoms with Crippen LogP contribution in [0.3, 0.4) is 0 Å². The minimum Gasteiger partial charge on any atom is -0.352 e. The fraction of sp³-hybridized carbons (Fsp3) is 0.238. The molecule has 0 aliphatic heterocycles. The van der Waals surface area contributed by atoms with Crippen molar-refractivity contribution in [3.63, 3.8) is 0 Å². The summed E-state index contributed by atoms with van der Waals surface area (Å²) in [4.78, 5) is 25.2. The van der Waals surface area contributed by atoms with E-state index in [2.05, 4.69) is 31.4 Å². The molecule has 9 nitrogen and oxygen atoms in total. The van der Waals surface area contributed by atoms with Crippen molar-refractivity contribution in [2.24, 2.45) is 0 Å². The van der Waals surface area contributed by atoms with Gasteiger partial charge in [0.1, 0.15) is 23.8 Å². The van der Waals surface area contributed by atoms with Crippen molar-refractivity contribution in [2.75, 3.05) is 0 Å². The van der Waals surface area contributed by atoms with Gasteiger partial charge in [-0.2, -0.15) is 10.4 Å². The van der Waals surface area contributed by atoms with Crippen LogP contribution >= 0.6 is 0 Å². The lowest BCUT2D eigenvalue weighted by atomic mass is 10.1. The summed E-state index contributed by atoms with van der Waals surface area (Å²) in [7, 11) is 0. The van der Waals surface area contributed by atoms with Crippen LogP contribution in [-0.2, 0) is 17.8 Å². The summed E-state index contributed by atoms with van der Waals surface area (Å²) < 4.78 is 3.48. The molecule has 0 atom stereocenters. The molecule has 0 aliphatic rings. The summed E-state index contributed by atoms with van der Waals surface area (Å²) in [5.41, 5.74) is 4.58. The molecule has 0 saturated carbocycles. The van der Waals surface area contributed by atoms with Gasteiger partial charge in [-0.3, -0.25) is 9.36 Å². The molecule has 0 aliphatic carbocycles. The average molecular weight is 400 g/mol. The third-order valence-electron chi connectivity index (χ3n) is 5.00. The molecule has 1 N–H and O–H groups in total. The molecule has 9 heteroatoms. The van der Waals surface area contributed by atoms with Crippen LogP contribution in [0, 0.1) is 25.2 Å². The molecule has 0 radical (unpaired) electrons. The predicted molar refractivity (Wildman–Crippen MR) is 109 cm³/mol. The largest absolute Gasteiger partial charge is 0.352 e. The second-order valence-corrected chi connectivity index (χ2v) is 6.94. The maximum atomic E-state index is 12.4. The highest BCUT2D eigenvalue weighted by atomic mass is 16.1. The summed E-state index contributed by atoms with van der Waals surface area (Å²) in [6.45, 7) is 4.23. The van der Waals surface area contributed by atoms with E-state index in [1.165, 1.54) is 6.20 Å². The number of carbonyl (C=O) groups is 1. The van der Waals surface area contributed by atoms with Crippen molar-refractivity contribution in [1.82, 2.24) is 34.4 Å². The van der Waals surface area contributed by atoms with Gasteiger partial charge in [0.05, 0.1) is 6.20 Å². The standard InChI is InChI=1S/C21H20N8O/c1-14-18(15(2)29-21(27-14)17(9-22)12-26-29)4-6-20(30)25-11-16-3-5-19(24-10-16)28-8-7-23-13-28/h3,5,7-8,10,12-13H,4,6,11H2,1-2H3,(H,25,30). The van der Waals surface area contributed by atoms with Gasteiger partial charge >= 0.3 is 0 Å². The van der Waals surface area contributed by atoms with Crippen molar-refractivity contribution < 1.29 is 4.79 Å². The van der Waals surface area contributed by atoms with Crippen LogP contribution in [-0.4, -0.2) is 35.0 Å². The van der Waals surface area contributed by atoms with Gasteiger partial charge in [-0.1, -0.05) is 6.07 Å². The summed E-state index contributed by atoms with van der Waals surface area (Å²) >= 11 is 0. The maximum absolute atomic E-state index is 12.4. The zero-order valence-corrected chi connectivity index (χ0v) is 16.7. The van der Waals surface area contributed by atoms with Gasteiger partial charge in [0.15, 0.2) is 5.65 Å². The first-order valence-electron chi connectivity index (χ1n) is 9.50. The van der Waals surface area contributed by atoms with Crippen LogP contribution < -0.4 is 5.32 Å². The first kappa shape index (κ1) is 19.3. The van der Waals surface area contributed by atoms with Crippen LogP contribution in [0.2, 0.25) is 0 Å². The molecule has 0 bridgehead atoms. The Morgan fingerprint density at radius 1 is 1.27 bits per heavy atom. The monoisotopic (exact) mass is 400 g/mol. The molecule has 1 amide bonds. The Balaban J connectivity index is 1.36. The number of carbonyl (C=O) groups excluding carboxylic acids is 1. The summed E-state index contributed by atoms with van der Waals surface area (Å²) in [6, 6.07) is 5.91.